The summed E-state index contributed by atoms with van der Waals surface area (Å²) >= 11 is 0. The van der Waals surface area contributed by atoms with Gasteiger partial charge >= 0.3 is 0 Å². The van der Waals surface area contributed by atoms with Crippen molar-refractivity contribution in [3.63, 3.8) is 0 Å². The highest BCUT2D eigenvalue weighted by Crippen LogP contribution is 2.39. The third kappa shape index (κ3) is 5.66. The predicted molar refractivity (Wildman–Crippen MR) is 93.0 cm³/mol. The maximum atomic E-state index is 11.6. The van der Waals surface area contributed by atoms with Gasteiger partial charge in [0, 0.05) is 17.7 Å². The summed E-state index contributed by atoms with van der Waals surface area (Å²) in [6, 6.07) is 0. The topological polar surface area (TPSA) is 29.5 Å². The zero-order valence-corrected chi connectivity index (χ0v) is 15.5. The van der Waals surface area contributed by atoms with Gasteiger partial charge in [-0.05, 0) is 53.4 Å². The largest absolute Gasteiger partial charge is 0.356 e. The summed E-state index contributed by atoms with van der Waals surface area (Å²) in [4.78, 5) is 13.9. The Kier molecular flexibility index (Phi) is 8.06. The molecule has 3 nitrogen and oxygen atoms in total. The maximum Gasteiger partial charge on any atom is 0.167 e. The predicted octanol–water partition coefficient (Wildman–Crippen LogP) is 4.93. The van der Waals surface area contributed by atoms with E-state index in [0.29, 0.717) is 6.61 Å². The first kappa shape index (κ1) is 19.6. The summed E-state index contributed by atoms with van der Waals surface area (Å²) in [5, 5.41) is 0. The Morgan fingerprint density at radius 2 is 1.55 bits per heavy atom. The van der Waals surface area contributed by atoms with Crippen LogP contribution >= 0.6 is 0 Å². The monoisotopic (exact) mass is 311 g/mol. The van der Waals surface area contributed by atoms with E-state index >= 15 is 0 Å². The molecule has 1 rings (SSSR count). The van der Waals surface area contributed by atoms with Crippen LogP contribution < -0.4 is 0 Å². The highest BCUT2D eigenvalue weighted by atomic mass is 16.5. The molecular formula is C19H37NO2. The van der Waals surface area contributed by atoms with Crippen LogP contribution in [0.1, 0.15) is 92.4 Å². The summed E-state index contributed by atoms with van der Waals surface area (Å²) < 4.78 is 5.97. The first-order valence-electron chi connectivity index (χ1n) is 9.21. The summed E-state index contributed by atoms with van der Waals surface area (Å²) in [6.45, 7) is 11.9. The number of hydrogen-bond acceptors (Lipinski definition) is 3. The van der Waals surface area contributed by atoms with Gasteiger partial charge in [-0.25, -0.2) is 0 Å². The van der Waals surface area contributed by atoms with Gasteiger partial charge in [0.25, 0.3) is 0 Å². The third-order valence-electron chi connectivity index (χ3n) is 5.04. The van der Waals surface area contributed by atoms with Crippen LogP contribution in [0, 0.1) is 0 Å². The van der Waals surface area contributed by atoms with E-state index in [-0.39, 0.29) is 11.1 Å². The van der Waals surface area contributed by atoms with E-state index < -0.39 is 6.23 Å². The Hall–Kier alpha value is -0.410. The number of nitrogens with zero attached hydrogens (tertiary/aromatic N) is 1. The van der Waals surface area contributed by atoms with Crippen LogP contribution in [0.25, 0.3) is 0 Å². The summed E-state index contributed by atoms with van der Waals surface area (Å²) in [5.74, 6) is 0. The number of hydrogen-bond donors (Lipinski definition) is 0. The van der Waals surface area contributed by atoms with Crippen LogP contribution in [0.15, 0.2) is 0 Å². The average Bonchev–Trinajstić information content (AvgIpc) is 2.42. The highest BCUT2D eigenvalue weighted by molar-refractivity contribution is 5.56. The molecule has 0 radical (unpaired) electrons. The van der Waals surface area contributed by atoms with E-state index in [1.54, 1.807) is 0 Å². The van der Waals surface area contributed by atoms with Gasteiger partial charge in [-0.3, -0.25) is 9.69 Å². The number of rotatable bonds is 10. The Balaban J connectivity index is 2.46. The normalized spacial score (nSPS) is 22.4. The molecule has 1 aliphatic rings. The fourth-order valence-electron chi connectivity index (χ4n) is 3.96. The van der Waals surface area contributed by atoms with E-state index in [1.807, 2.05) is 0 Å². The van der Waals surface area contributed by atoms with Crippen molar-refractivity contribution in [1.29, 1.82) is 0 Å². The molecule has 0 aliphatic carbocycles. The quantitative estimate of drug-likeness (QED) is 0.423. The molecule has 3 heteroatoms. The van der Waals surface area contributed by atoms with Crippen LogP contribution in [0.5, 0.6) is 0 Å². The van der Waals surface area contributed by atoms with Crippen LogP contribution in [-0.4, -0.2) is 35.1 Å². The minimum Gasteiger partial charge on any atom is -0.356 e. The van der Waals surface area contributed by atoms with E-state index in [9.17, 15) is 4.79 Å². The first-order valence-corrected chi connectivity index (χ1v) is 9.21. The molecule has 0 spiro atoms. The second-order valence-electron chi connectivity index (χ2n) is 8.01. The lowest BCUT2D eigenvalue weighted by Crippen LogP contribution is -2.63. The Labute approximate surface area is 137 Å². The molecule has 1 heterocycles. The standard InChI is InChI=1S/C19H37NO2/c1-6-7-8-9-10-11-15-22-17(16-21)20-18(2,3)13-12-14-19(20,4)5/h16-17H,6-15H2,1-5H3. The molecule has 0 aromatic heterocycles. The van der Waals surface area contributed by atoms with Crippen LogP contribution in [0.3, 0.4) is 0 Å². The number of ether oxygens (including phenoxy) is 1. The van der Waals surface area contributed by atoms with Gasteiger partial charge in [0.15, 0.2) is 12.5 Å². The Morgan fingerprint density at radius 1 is 1.00 bits per heavy atom. The van der Waals surface area contributed by atoms with Crippen molar-refractivity contribution in [3.8, 4) is 0 Å². The fourth-order valence-corrected chi connectivity index (χ4v) is 3.96. The molecule has 0 saturated carbocycles. The summed E-state index contributed by atoms with van der Waals surface area (Å²) in [6.07, 6.45) is 11.5. The minimum atomic E-state index is -0.402. The molecular weight excluding hydrogens is 274 g/mol. The minimum absolute atomic E-state index is 0.0223. The third-order valence-corrected chi connectivity index (χ3v) is 5.04. The van der Waals surface area contributed by atoms with E-state index in [4.69, 9.17) is 4.74 Å². The number of carbonyl (C=O) groups excluding carboxylic acids is 1. The van der Waals surface area contributed by atoms with Crippen molar-refractivity contribution in [3.05, 3.63) is 0 Å². The van der Waals surface area contributed by atoms with E-state index in [2.05, 4.69) is 39.5 Å². The molecule has 0 bridgehead atoms. The molecule has 22 heavy (non-hydrogen) atoms. The lowest BCUT2D eigenvalue weighted by atomic mass is 9.79. The smallest absolute Gasteiger partial charge is 0.167 e. The van der Waals surface area contributed by atoms with Crippen LogP contribution in [-0.2, 0) is 9.53 Å². The zero-order chi connectivity index (χ0) is 16.6. The molecule has 0 amide bonds. The van der Waals surface area contributed by atoms with Crippen molar-refractivity contribution in [2.75, 3.05) is 6.61 Å². The van der Waals surface area contributed by atoms with Gasteiger partial charge < -0.3 is 4.74 Å². The van der Waals surface area contributed by atoms with Crippen molar-refractivity contribution in [2.24, 2.45) is 0 Å². The van der Waals surface area contributed by atoms with Crippen LogP contribution in [0.4, 0.5) is 0 Å². The fraction of sp³-hybridized carbons (Fsp3) is 0.947. The molecule has 1 saturated heterocycles. The lowest BCUT2D eigenvalue weighted by Gasteiger charge is -2.54. The number of aldehydes is 1. The molecule has 0 aromatic rings. The maximum absolute atomic E-state index is 11.6. The molecule has 1 unspecified atom stereocenters. The summed E-state index contributed by atoms with van der Waals surface area (Å²) in [7, 11) is 0. The van der Waals surface area contributed by atoms with E-state index in [1.165, 1.54) is 38.5 Å². The van der Waals surface area contributed by atoms with Crippen molar-refractivity contribution in [2.45, 2.75) is 110 Å². The Bertz CT molecular complexity index is 309. The lowest BCUT2D eigenvalue weighted by molar-refractivity contribution is -0.169. The van der Waals surface area contributed by atoms with Gasteiger partial charge in [-0.15, -0.1) is 0 Å². The number of carbonyl (C=O) groups is 1. The Morgan fingerprint density at radius 3 is 2.09 bits per heavy atom. The van der Waals surface area contributed by atoms with Gasteiger partial charge in [0.2, 0.25) is 0 Å². The number of likely N-dealkylation sites (tertiary alicyclic amines) is 1. The molecule has 0 N–H and O–H groups in total. The van der Waals surface area contributed by atoms with Crippen molar-refractivity contribution < 1.29 is 9.53 Å². The van der Waals surface area contributed by atoms with E-state index in [0.717, 1.165) is 25.5 Å². The van der Waals surface area contributed by atoms with Crippen molar-refractivity contribution >= 4 is 6.29 Å². The van der Waals surface area contributed by atoms with Crippen molar-refractivity contribution in [1.82, 2.24) is 4.90 Å². The molecule has 1 fully saturated rings. The first-order chi connectivity index (χ1) is 10.3. The SMILES string of the molecule is CCCCCCCCOC(C=O)N1C(C)(C)CCCC1(C)C. The highest BCUT2D eigenvalue weighted by Gasteiger charge is 2.45. The average molecular weight is 312 g/mol. The number of piperidine rings is 1. The second kappa shape index (κ2) is 9.02. The summed E-state index contributed by atoms with van der Waals surface area (Å²) in [5.41, 5.74) is 0.0445. The van der Waals surface area contributed by atoms with Gasteiger partial charge in [0.05, 0.1) is 0 Å². The molecule has 0 aromatic carbocycles. The molecule has 130 valence electrons. The van der Waals surface area contributed by atoms with Crippen LogP contribution in [0.2, 0.25) is 0 Å². The van der Waals surface area contributed by atoms with Gasteiger partial charge in [-0.1, -0.05) is 39.0 Å². The second-order valence-corrected chi connectivity index (χ2v) is 8.01. The number of unbranched alkanes of at least 4 members (excludes halogenated alkanes) is 5. The zero-order valence-electron chi connectivity index (χ0n) is 15.5. The molecule has 1 aliphatic heterocycles. The van der Waals surface area contributed by atoms with Gasteiger partial charge in [0.1, 0.15) is 0 Å². The van der Waals surface area contributed by atoms with Gasteiger partial charge in [-0.2, -0.15) is 0 Å². The molecule has 1 atom stereocenters.